The monoisotopic (exact) mass is 314 g/mol. The number of amides is 1. The van der Waals surface area contributed by atoms with E-state index in [0.717, 1.165) is 36.4 Å². The normalized spacial score (nSPS) is 19.9. The lowest BCUT2D eigenvalue weighted by Crippen LogP contribution is -2.30. The molecular weight excluding hydrogens is 296 g/mol. The number of carbonyl (C=O) groups is 1. The zero-order valence-electron chi connectivity index (χ0n) is 12.9. The van der Waals surface area contributed by atoms with E-state index in [1.54, 1.807) is 6.07 Å². The van der Waals surface area contributed by atoms with Crippen LogP contribution in [0.5, 0.6) is 11.5 Å². The van der Waals surface area contributed by atoms with Crippen LogP contribution in [0.4, 0.5) is 0 Å². The summed E-state index contributed by atoms with van der Waals surface area (Å²) >= 11 is 0. The van der Waals surface area contributed by atoms with E-state index in [2.05, 4.69) is 5.16 Å². The predicted molar refractivity (Wildman–Crippen MR) is 81.7 cm³/mol. The largest absolute Gasteiger partial charge is 0.486 e. The Labute approximate surface area is 134 Å². The molecule has 1 aromatic carbocycles. The molecule has 2 aliphatic heterocycles. The number of rotatable bonds is 2. The van der Waals surface area contributed by atoms with E-state index in [9.17, 15) is 4.79 Å². The van der Waals surface area contributed by atoms with Gasteiger partial charge in [-0.15, -0.1) is 0 Å². The summed E-state index contributed by atoms with van der Waals surface area (Å²) in [5.74, 6) is 1.71. The smallest absolute Gasteiger partial charge is 0.292 e. The maximum atomic E-state index is 12.7. The van der Waals surface area contributed by atoms with Gasteiger partial charge in [0.15, 0.2) is 11.5 Å². The molecule has 1 aromatic heterocycles. The Morgan fingerprint density at radius 1 is 1.22 bits per heavy atom. The molecule has 1 unspecified atom stereocenters. The fourth-order valence-corrected chi connectivity index (χ4v) is 3.23. The highest BCUT2D eigenvalue weighted by Gasteiger charge is 2.33. The minimum absolute atomic E-state index is 0.0312. The summed E-state index contributed by atoms with van der Waals surface area (Å²) in [5.41, 5.74) is 1.78. The second-order valence-corrected chi connectivity index (χ2v) is 5.89. The summed E-state index contributed by atoms with van der Waals surface area (Å²) in [4.78, 5) is 14.5. The van der Waals surface area contributed by atoms with Gasteiger partial charge in [0, 0.05) is 12.6 Å². The van der Waals surface area contributed by atoms with E-state index in [4.69, 9.17) is 14.0 Å². The molecule has 23 heavy (non-hydrogen) atoms. The zero-order valence-corrected chi connectivity index (χ0v) is 12.9. The van der Waals surface area contributed by atoms with Crippen LogP contribution < -0.4 is 9.47 Å². The Balaban J connectivity index is 1.61. The Morgan fingerprint density at radius 3 is 2.83 bits per heavy atom. The van der Waals surface area contributed by atoms with Gasteiger partial charge >= 0.3 is 0 Å². The average molecular weight is 314 g/mol. The second kappa shape index (κ2) is 5.61. The van der Waals surface area contributed by atoms with E-state index < -0.39 is 0 Å². The highest BCUT2D eigenvalue weighted by molar-refractivity contribution is 5.92. The molecule has 0 aliphatic carbocycles. The standard InChI is InChI=1S/C17H18N2O4/c1-11-9-16(23-18-11)17(20)19-6-2-3-13(19)12-4-5-14-15(10-12)22-8-7-21-14/h4-5,9-10,13H,2-3,6-8H2,1H3. The van der Waals surface area contributed by atoms with E-state index in [0.29, 0.717) is 24.7 Å². The fraction of sp³-hybridized carbons (Fsp3) is 0.412. The van der Waals surface area contributed by atoms with Gasteiger partial charge in [0.05, 0.1) is 11.7 Å². The van der Waals surface area contributed by atoms with E-state index >= 15 is 0 Å². The number of nitrogens with zero attached hydrogens (tertiary/aromatic N) is 2. The van der Waals surface area contributed by atoms with Crippen LogP contribution in [0.15, 0.2) is 28.8 Å². The van der Waals surface area contributed by atoms with Gasteiger partial charge in [0.2, 0.25) is 5.76 Å². The summed E-state index contributed by atoms with van der Waals surface area (Å²) in [7, 11) is 0. The van der Waals surface area contributed by atoms with Crippen molar-refractivity contribution in [3.63, 3.8) is 0 Å². The van der Waals surface area contributed by atoms with Crippen molar-refractivity contribution in [2.75, 3.05) is 19.8 Å². The van der Waals surface area contributed by atoms with Crippen molar-refractivity contribution in [1.82, 2.24) is 10.1 Å². The first-order valence-electron chi connectivity index (χ1n) is 7.86. The third-order valence-electron chi connectivity index (χ3n) is 4.30. The van der Waals surface area contributed by atoms with Crippen molar-refractivity contribution in [1.29, 1.82) is 0 Å². The molecule has 6 heteroatoms. The minimum Gasteiger partial charge on any atom is -0.486 e. The van der Waals surface area contributed by atoms with Crippen LogP contribution in [0.3, 0.4) is 0 Å². The Bertz CT molecular complexity index is 740. The third kappa shape index (κ3) is 2.54. The summed E-state index contributed by atoms with van der Waals surface area (Å²) in [6.45, 7) is 3.66. The number of likely N-dealkylation sites (tertiary alicyclic amines) is 1. The van der Waals surface area contributed by atoms with Crippen molar-refractivity contribution in [2.45, 2.75) is 25.8 Å². The van der Waals surface area contributed by atoms with E-state index in [1.807, 2.05) is 30.0 Å². The van der Waals surface area contributed by atoms with Gasteiger partial charge in [-0.1, -0.05) is 11.2 Å². The van der Waals surface area contributed by atoms with E-state index in [1.165, 1.54) is 0 Å². The fourth-order valence-electron chi connectivity index (χ4n) is 3.23. The lowest BCUT2D eigenvalue weighted by Gasteiger charge is -2.26. The van der Waals surface area contributed by atoms with Crippen molar-refractivity contribution < 1.29 is 18.8 Å². The van der Waals surface area contributed by atoms with Crippen molar-refractivity contribution in [3.8, 4) is 11.5 Å². The molecule has 4 rings (SSSR count). The molecule has 0 saturated carbocycles. The van der Waals surface area contributed by atoms with Crippen LogP contribution in [-0.4, -0.2) is 35.7 Å². The SMILES string of the molecule is Cc1cc(C(=O)N2CCCC2c2ccc3c(c2)OCCO3)on1. The Hall–Kier alpha value is -2.50. The predicted octanol–water partition coefficient (Wildman–Crippen LogP) is 2.73. The molecule has 0 N–H and O–H groups in total. The number of aromatic nitrogens is 1. The summed E-state index contributed by atoms with van der Waals surface area (Å²) in [5, 5.41) is 3.81. The van der Waals surface area contributed by atoms with Crippen LogP contribution >= 0.6 is 0 Å². The van der Waals surface area contributed by atoms with Crippen LogP contribution in [0, 0.1) is 6.92 Å². The number of ether oxygens (including phenoxy) is 2. The summed E-state index contributed by atoms with van der Waals surface area (Å²) < 4.78 is 16.3. The number of benzene rings is 1. The van der Waals surface area contributed by atoms with E-state index in [-0.39, 0.29) is 11.9 Å². The van der Waals surface area contributed by atoms with Crippen molar-refractivity contribution >= 4 is 5.91 Å². The van der Waals surface area contributed by atoms with Crippen molar-refractivity contribution in [3.05, 3.63) is 41.3 Å². The maximum Gasteiger partial charge on any atom is 0.292 e. The zero-order chi connectivity index (χ0) is 15.8. The van der Waals surface area contributed by atoms with Crippen LogP contribution in [-0.2, 0) is 0 Å². The molecule has 3 heterocycles. The average Bonchev–Trinajstić information content (AvgIpc) is 3.23. The third-order valence-corrected chi connectivity index (χ3v) is 4.30. The minimum atomic E-state index is -0.108. The van der Waals surface area contributed by atoms with Gasteiger partial charge in [-0.05, 0) is 37.5 Å². The lowest BCUT2D eigenvalue weighted by atomic mass is 10.0. The molecule has 6 nitrogen and oxygen atoms in total. The molecule has 0 bridgehead atoms. The van der Waals surface area contributed by atoms with Gasteiger partial charge < -0.3 is 18.9 Å². The summed E-state index contributed by atoms with van der Waals surface area (Å²) in [6, 6.07) is 7.63. The molecule has 2 aliphatic rings. The molecule has 0 spiro atoms. The molecular formula is C17H18N2O4. The lowest BCUT2D eigenvalue weighted by molar-refractivity contribution is 0.0692. The molecule has 1 atom stereocenters. The Kier molecular flexibility index (Phi) is 3.44. The van der Waals surface area contributed by atoms with Crippen LogP contribution in [0.25, 0.3) is 0 Å². The molecule has 1 saturated heterocycles. The number of hydrogen-bond acceptors (Lipinski definition) is 5. The highest BCUT2D eigenvalue weighted by Crippen LogP contribution is 2.38. The van der Waals surface area contributed by atoms with Gasteiger partial charge in [0.1, 0.15) is 13.2 Å². The topological polar surface area (TPSA) is 64.8 Å². The maximum absolute atomic E-state index is 12.7. The first-order chi connectivity index (χ1) is 11.2. The Morgan fingerprint density at radius 2 is 2.04 bits per heavy atom. The van der Waals surface area contributed by atoms with Crippen LogP contribution in [0.1, 0.15) is 40.7 Å². The van der Waals surface area contributed by atoms with Gasteiger partial charge in [-0.2, -0.15) is 0 Å². The number of fused-ring (bicyclic) bond motifs is 1. The van der Waals surface area contributed by atoms with Crippen LogP contribution in [0.2, 0.25) is 0 Å². The molecule has 2 aromatic rings. The van der Waals surface area contributed by atoms with Gasteiger partial charge in [-0.25, -0.2) is 0 Å². The molecule has 120 valence electrons. The first kappa shape index (κ1) is 14.1. The highest BCUT2D eigenvalue weighted by atomic mass is 16.6. The number of aryl methyl sites for hydroxylation is 1. The van der Waals surface area contributed by atoms with Gasteiger partial charge in [0.25, 0.3) is 5.91 Å². The van der Waals surface area contributed by atoms with Crippen molar-refractivity contribution in [2.24, 2.45) is 0 Å². The molecule has 1 fully saturated rings. The number of hydrogen-bond donors (Lipinski definition) is 0. The molecule has 1 amide bonds. The quantitative estimate of drug-likeness (QED) is 0.853. The number of carbonyl (C=O) groups excluding carboxylic acids is 1. The van der Waals surface area contributed by atoms with Gasteiger partial charge in [-0.3, -0.25) is 4.79 Å². The second-order valence-electron chi connectivity index (χ2n) is 5.89. The first-order valence-corrected chi connectivity index (χ1v) is 7.86. The molecule has 0 radical (unpaired) electrons. The summed E-state index contributed by atoms with van der Waals surface area (Å²) in [6.07, 6.45) is 1.90.